The highest BCUT2D eigenvalue weighted by Gasteiger charge is 2.23. The molecule has 1 aromatic heterocycles. The minimum Gasteiger partial charge on any atom is -0.497 e. The van der Waals surface area contributed by atoms with Gasteiger partial charge < -0.3 is 4.74 Å². The van der Waals surface area contributed by atoms with Crippen LogP contribution in [0.2, 0.25) is 0 Å². The molecule has 150 valence electrons. The van der Waals surface area contributed by atoms with Crippen LogP contribution in [0.15, 0.2) is 53.5 Å². The molecule has 0 atom stereocenters. The summed E-state index contributed by atoms with van der Waals surface area (Å²) >= 11 is 1.55. The molecule has 1 heterocycles. The number of non-ortho nitro benzene ring substituents is 1. The van der Waals surface area contributed by atoms with Crippen molar-refractivity contribution >= 4 is 28.4 Å². The van der Waals surface area contributed by atoms with Crippen LogP contribution in [0.4, 0.5) is 10.8 Å². The highest BCUT2D eigenvalue weighted by atomic mass is 32.1. The lowest BCUT2D eigenvalue weighted by atomic mass is 9.90. The third kappa shape index (κ3) is 5.26. The van der Waals surface area contributed by atoms with Crippen LogP contribution >= 0.6 is 11.3 Å². The van der Waals surface area contributed by atoms with Gasteiger partial charge in [0.2, 0.25) is 5.13 Å². The molecule has 0 spiro atoms. The summed E-state index contributed by atoms with van der Waals surface area (Å²) in [4.78, 5) is 20.9. The number of nitro groups is 1. The Balaban J connectivity index is 1.88. The molecule has 0 aliphatic heterocycles. The first-order valence-electron chi connectivity index (χ1n) is 9.18. The van der Waals surface area contributed by atoms with Gasteiger partial charge in [-0.15, -0.1) is 0 Å². The van der Waals surface area contributed by atoms with Gasteiger partial charge in [0, 0.05) is 35.1 Å². The summed E-state index contributed by atoms with van der Waals surface area (Å²) in [5, 5.41) is 11.6. The summed E-state index contributed by atoms with van der Waals surface area (Å²) < 4.78 is 5.23. The minimum atomic E-state index is -0.411. The number of hydrogen-bond donors (Lipinski definition) is 0. The highest BCUT2D eigenvalue weighted by Crippen LogP contribution is 2.35. The van der Waals surface area contributed by atoms with Gasteiger partial charge in [0.05, 0.1) is 17.7 Å². The summed E-state index contributed by atoms with van der Waals surface area (Å²) in [6.07, 6.45) is 2.38. The Morgan fingerprint density at radius 1 is 1.21 bits per heavy atom. The van der Waals surface area contributed by atoms with Gasteiger partial charge in [0.25, 0.3) is 5.69 Å². The zero-order valence-corrected chi connectivity index (χ0v) is 17.7. The summed E-state index contributed by atoms with van der Waals surface area (Å²) in [6.45, 7) is 6.40. The lowest BCUT2D eigenvalue weighted by Crippen LogP contribution is -2.14. The highest BCUT2D eigenvalue weighted by molar-refractivity contribution is 7.15. The van der Waals surface area contributed by atoms with Crippen LogP contribution in [0, 0.1) is 10.1 Å². The second-order valence-corrected chi connectivity index (χ2v) is 8.72. The number of aromatic nitrogens is 1. The van der Waals surface area contributed by atoms with Crippen molar-refractivity contribution in [3.63, 3.8) is 0 Å². The largest absolute Gasteiger partial charge is 0.497 e. The van der Waals surface area contributed by atoms with Gasteiger partial charge in [-0.25, -0.2) is 9.98 Å². The molecular weight excluding hydrogens is 386 g/mol. The molecule has 0 saturated carbocycles. The lowest BCUT2D eigenvalue weighted by molar-refractivity contribution is -0.384. The number of nitro benzene ring substituents is 1. The van der Waals surface area contributed by atoms with E-state index >= 15 is 0 Å². The number of methoxy groups -OCH3 is 1. The summed E-state index contributed by atoms with van der Waals surface area (Å²) in [5.74, 6) is 0.830. The van der Waals surface area contributed by atoms with E-state index in [-0.39, 0.29) is 11.1 Å². The Morgan fingerprint density at radius 2 is 1.93 bits per heavy atom. The van der Waals surface area contributed by atoms with Gasteiger partial charge in [0.15, 0.2) is 0 Å². The third-order valence-electron chi connectivity index (χ3n) is 4.33. The maximum atomic E-state index is 10.9. The summed E-state index contributed by atoms with van der Waals surface area (Å²) in [7, 11) is 1.65. The van der Waals surface area contributed by atoms with E-state index in [0.717, 1.165) is 22.7 Å². The number of benzene rings is 2. The van der Waals surface area contributed by atoms with E-state index in [4.69, 9.17) is 9.72 Å². The molecule has 7 heteroatoms. The van der Waals surface area contributed by atoms with Crippen molar-refractivity contribution in [1.82, 2.24) is 4.98 Å². The molecule has 0 aliphatic rings. The fourth-order valence-electron chi connectivity index (χ4n) is 2.88. The Labute approximate surface area is 174 Å². The fraction of sp³-hybridized carbons (Fsp3) is 0.273. The van der Waals surface area contributed by atoms with Gasteiger partial charge in [-0.05, 0) is 23.3 Å². The van der Waals surface area contributed by atoms with E-state index in [9.17, 15) is 10.1 Å². The average molecular weight is 410 g/mol. The van der Waals surface area contributed by atoms with Crippen molar-refractivity contribution in [3.8, 4) is 5.75 Å². The smallest absolute Gasteiger partial charge is 0.270 e. The third-order valence-corrected chi connectivity index (χ3v) is 5.29. The number of rotatable bonds is 6. The molecule has 0 saturated heterocycles. The molecule has 6 nitrogen and oxygen atoms in total. The quantitative estimate of drug-likeness (QED) is 0.297. The second kappa shape index (κ2) is 8.53. The van der Waals surface area contributed by atoms with Crippen molar-refractivity contribution < 1.29 is 9.66 Å². The molecule has 0 amide bonds. The zero-order chi connectivity index (χ0) is 21.0. The van der Waals surface area contributed by atoms with Crippen LogP contribution in [0.25, 0.3) is 0 Å². The standard InChI is InChI=1S/C22H23N3O3S/c1-22(2,3)20-19(13-15-8-10-18(28-4)11-9-15)29-21(24-20)23-14-16-6-5-7-17(12-16)25(26)27/h5-12,14H,13H2,1-4H3/b23-14+. The van der Waals surface area contributed by atoms with E-state index in [1.165, 1.54) is 17.7 Å². The first-order chi connectivity index (χ1) is 13.8. The van der Waals surface area contributed by atoms with Gasteiger partial charge in [0.1, 0.15) is 5.75 Å². The van der Waals surface area contributed by atoms with Gasteiger partial charge >= 0.3 is 0 Å². The molecule has 0 fully saturated rings. The average Bonchev–Trinajstić information content (AvgIpc) is 3.10. The van der Waals surface area contributed by atoms with Crippen molar-refractivity contribution in [2.24, 2.45) is 4.99 Å². The maximum Gasteiger partial charge on any atom is 0.270 e. The maximum absolute atomic E-state index is 10.9. The first-order valence-corrected chi connectivity index (χ1v) is 9.99. The van der Waals surface area contributed by atoms with Crippen LogP contribution < -0.4 is 4.74 Å². The van der Waals surface area contributed by atoms with Crippen LogP contribution in [0.1, 0.15) is 42.5 Å². The molecule has 0 radical (unpaired) electrons. The number of aliphatic imine (C=N–C) groups is 1. The number of hydrogen-bond acceptors (Lipinski definition) is 6. The number of thiazole rings is 1. The van der Waals surface area contributed by atoms with E-state index < -0.39 is 4.92 Å². The number of nitrogens with zero attached hydrogens (tertiary/aromatic N) is 3. The lowest BCUT2D eigenvalue weighted by Gasteiger charge is -2.17. The monoisotopic (exact) mass is 409 g/mol. The van der Waals surface area contributed by atoms with Gasteiger partial charge in [-0.3, -0.25) is 10.1 Å². The molecule has 0 aliphatic carbocycles. The van der Waals surface area contributed by atoms with Crippen molar-refractivity contribution in [3.05, 3.63) is 80.3 Å². The SMILES string of the molecule is COc1ccc(Cc2sc(/N=C/c3cccc([N+](=O)[O-])c3)nc2C(C)(C)C)cc1. The van der Waals surface area contributed by atoms with E-state index in [1.54, 1.807) is 36.8 Å². The Bertz CT molecular complexity index is 1030. The van der Waals surface area contributed by atoms with E-state index in [2.05, 4.69) is 37.9 Å². The van der Waals surface area contributed by atoms with Crippen molar-refractivity contribution in [1.29, 1.82) is 0 Å². The van der Waals surface area contributed by atoms with Crippen molar-refractivity contribution in [2.45, 2.75) is 32.6 Å². The van der Waals surface area contributed by atoms with Crippen LogP contribution in [-0.2, 0) is 11.8 Å². The normalized spacial score (nSPS) is 11.7. The first kappa shape index (κ1) is 20.7. The molecular formula is C22H23N3O3S. The van der Waals surface area contributed by atoms with Crippen LogP contribution in [0.5, 0.6) is 5.75 Å². The predicted octanol–water partition coefficient (Wildman–Crippen LogP) is 5.70. The van der Waals surface area contributed by atoms with Gasteiger partial charge in [-0.2, -0.15) is 0 Å². The van der Waals surface area contributed by atoms with Crippen LogP contribution in [0.3, 0.4) is 0 Å². The van der Waals surface area contributed by atoms with Crippen LogP contribution in [-0.4, -0.2) is 23.2 Å². The Morgan fingerprint density at radius 3 is 2.55 bits per heavy atom. The molecule has 29 heavy (non-hydrogen) atoms. The van der Waals surface area contributed by atoms with Crippen molar-refractivity contribution in [2.75, 3.05) is 7.11 Å². The van der Waals surface area contributed by atoms with Gasteiger partial charge in [-0.1, -0.05) is 56.4 Å². The summed E-state index contributed by atoms with van der Waals surface area (Å²) in [6, 6.07) is 14.4. The number of ether oxygens (including phenoxy) is 1. The molecule has 3 rings (SSSR count). The Kier molecular flexibility index (Phi) is 6.08. The predicted molar refractivity (Wildman–Crippen MR) is 117 cm³/mol. The molecule has 0 bridgehead atoms. The molecule has 0 N–H and O–H groups in total. The van der Waals surface area contributed by atoms with E-state index in [0.29, 0.717) is 10.7 Å². The zero-order valence-electron chi connectivity index (χ0n) is 16.9. The second-order valence-electron chi connectivity index (χ2n) is 7.65. The summed E-state index contributed by atoms with van der Waals surface area (Å²) in [5.41, 5.74) is 2.79. The molecule has 3 aromatic rings. The fourth-order valence-corrected chi connectivity index (χ4v) is 4.03. The van der Waals surface area contributed by atoms with E-state index in [1.807, 2.05) is 12.1 Å². The topological polar surface area (TPSA) is 77.6 Å². The molecule has 2 aromatic carbocycles. The Hall–Kier alpha value is -3.06. The molecule has 0 unspecified atom stereocenters. The minimum absolute atomic E-state index is 0.0451.